The maximum Gasteiger partial charge on any atom is 0.306 e. The summed E-state index contributed by atoms with van der Waals surface area (Å²) in [6, 6.07) is 6.63. The highest BCUT2D eigenvalue weighted by atomic mass is 32.2. The maximum absolute atomic E-state index is 14.4. The normalized spacial score (nSPS) is 19.0. The number of ketones is 2. The molecule has 0 aliphatic carbocycles. The summed E-state index contributed by atoms with van der Waals surface area (Å²) in [6.45, 7) is 16.7. The SMILES string of the molecule is CCCC(=O)O[C@H](C[C@H](C(C)C)N(C)C(=O)[C@@H](CC(=O)[C@@]1(C)CCCN1C)[C@@H](C)CC)c1nc(C(=O)N[C@@H](Cc2ccc(CC(=O)CC)cc2)C[C@H](C)C(=O)O)cs1.CNC(=O)CCCCCN1C(=O)CC(SC)C1=O. The van der Waals surface area contributed by atoms with Crippen LogP contribution in [0.25, 0.3) is 0 Å². The number of thioether (sulfide) groups is 1. The smallest absolute Gasteiger partial charge is 0.306 e. The molecule has 19 heteroatoms. The number of esters is 1. The van der Waals surface area contributed by atoms with E-state index < -0.39 is 47.4 Å². The van der Waals surface area contributed by atoms with Gasteiger partial charge in [-0.05, 0) is 94.7 Å². The van der Waals surface area contributed by atoms with Gasteiger partial charge >= 0.3 is 11.9 Å². The predicted octanol–water partition coefficient (Wildman–Crippen LogP) is 8.26. The molecule has 3 N–H and O–H groups in total. The van der Waals surface area contributed by atoms with Gasteiger partial charge in [0.25, 0.3) is 5.91 Å². The molecular formula is C57H88N6O11S2. The van der Waals surface area contributed by atoms with E-state index in [2.05, 4.69) is 20.5 Å². The number of hydrogen-bond acceptors (Lipinski definition) is 14. The van der Waals surface area contributed by atoms with Crippen LogP contribution in [0.5, 0.6) is 0 Å². The largest absolute Gasteiger partial charge is 0.481 e. The Morgan fingerprint density at radius 3 is 2.20 bits per heavy atom. The molecule has 424 valence electrons. The fourth-order valence-electron chi connectivity index (χ4n) is 9.71. The number of carboxylic acid groups (broad SMARTS) is 1. The van der Waals surface area contributed by atoms with E-state index in [0.717, 1.165) is 56.2 Å². The van der Waals surface area contributed by atoms with Crippen LogP contribution in [0.3, 0.4) is 0 Å². The lowest BCUT2D eigenvalue weighted by atomic mass is 9.80. The zero-order chi connectivity index (χ0) is 56.9. The van der Waals surface area contributed by atoms with Crippen LogP contribution in [0.2, 0.25) is 0 Å². The maximum atomic E-state index is 14.4. The number of hydrogen-bond donors (Lipinski definition) is 3. The van der Waals surface area contributed by atoms with Crippen LogP contribution in [0.15, 0.2) is 29.6 Å². The molecule has 1 aromatic carbocycles. The number of amides is 5. The van der Waals surface area contributed by atoms with Crippen LogP contribution >= 0.6 is 23.1 Å². The topological polar surface area (TPSA) is 230 Å². The van der Waals surface area contributed by atoms with Crippen LogP contribution in [0.4, 0.5) is 0 Å². The minimum Gasteiger partial charge on any atom is -0.481 e. The second kappa shape index (κ2) is 32.0. The molecule has 0 spiro atoms. The monoisotopic (exact) mass is 1100 g/mol. The van der Waals surface area contributed by atoms with Crippen molar-refractivity contribution in [2.24, 2.45) is 23.7 Å². The lowest BCUT2D eigenvalue weighted by Crippen LogP contribution is -2.50. The third-order valence-electron chi connectivity index (χ3n) is 15.2. The van der Waals surface area contributed by atoms with E-state index in [0.29, 0.717) is 50.1 Å². The number of thiazole rings is 1. The number of unbranched alkanes of at least 4 members (excludes halogenated alkanes) is 2. The van der Waals surface area contributed by atoms with Crippen LogP contribution < -0.4 is 10.6 Å². The first-order chi connectivity index (χ1) is 35.9. The summed E-state index contributed by atoms with van der Waals surface area (Å²) in [4.78, 5) is 123. The Bertz CT molecular complexity index is 2270. The Hall–Kier alpha value is -5.01. The molecule has 0 saturated carbocycles. The van der Waals surface area contributed by atoms with Gasteiger partial charge in [0.15, 0.2) is 11.9 Å². The summed E-state index contributed by atoms with van der Waals surface area (Å²) >= 11 is 2.63. The predicted molar refractivity (Wildman–Crippen MR) is 298 cm³/mol. The highest BCUT2D eigenvalue weighted by molar-refractivity contribution is 8.00. The third-order valence-corrected chi connectivity index (χ3v) is 17.1. The molecular weight excluding hydrogens is 1010 g/mol. The number of Topliss-reactive ketones (excluding diaryl/α,β-unsaturated/α-hetero) is 2. The lowest BCUT2D eigenvalue weighted by Gasteiger charge is -2.38. The lowest BCUT2D eigenvalue weighted by molar-refractivity contribution is -0.152. The summed E-state index contributed by atoms with van der Waals surface area (Å²) < 4.78 is 6.04. The molecule has 5 amide bonds. The summed E-state index contributed by atoms with van der Waals surface area (Å²) in [5.74, 6) is -3.15. The number of aliphatic carboxylic acids is 1. The molecule has 2 aromatic rings. The Balaban J connectivity index is 0.000000711. The van der Waals surface area contributed by atoms with E-state index in [4.69, 9.17) is 4.74 Å². The number of ether oxygens (including phenoxy) is 1. The molecule has 4 rings (SSSR count). The number of nitrogens with zero attached hydrogens (tertiary/aromatic N) is 4. The number of carboxylic acids is 1. The van der Waals surface area contributed by atoms with Gasteiger partial charge < -0.3 is 25.4 Å². The molecule has 76 heavy (non-hydrogen) atoms. The van der Waals surface area contributed by atoms with E-state index in [-0.39, 0.29) is 89.7 Å². The number of carbonyl (C=O) groups is 9. The number of nitrogens with one attached hydrogen (secondary N) is 2. The first-order valence-electron chi connectivity index (χ1n) is 27.3. The number of aromatic nitrogens is 1. The fraction of sp³-hybridized carbons (Fsp3) is 0.684. The average Bonchev–Trinajstić information content (AvgIpc) is 4.10. The summed E-state index contributed by atoms with van der Waals surface area (Å²) in [6.07, 6.45) is 9.24. The van der Waals surface area contributed by atoms with E-state index in [1.807, 2.05) is 86.0 Å². The minimum atomic E-state index is -0.971. The summed E-state index contributed by atoms with van der Waals surface area (Å²) in [7, 11) is 5.35. The number of likely N-dealkylation sites (tertiary alicyclic amines) is 2. The van der Waals surface area contributed by atoms with Crippen molar-refractivity contribution in [1.29, 1.82) is 0 Å². The molecule has 2 aliphatic rings. The van der Waals surface area contributed by atoms with Crippen molar-refractivity contribution >= 4 is 76.1 Å². The quantitative estimate of drug-likeness (QED) is 0.0367. The standard InChI is InChI=1S/C45H68N4O8S.C12H20N2O3S/c1-11-15-40(52)57-38(26-37(28(4)5)49(10)43(54)35(29(6)12-2)25-39(51)45(8)20-14-21-48(45)9)42-47-36(27-58-42)41(53)46-33(22-30(7)44(55)56)23-31-16-18-32(19-17-31)24-34(50)13-3;1-13-10(15)6-4-3-5-7-14-11(16)8-9(18-2)12(14)17/h16-19,27-30,33,35,37-38H,11-15,20-26H2,1-10H3,(H,46,53)(H,55,56);9H,3-8H2,1-2H3,(H,13,15)/t29-,30-,33+,35-,37+,38+,45+;/m0./s1. The van der Waals surface area contributed by atoms with Gasteiger partial charge in [0, 0.05) is 89.0 Å². The van der Waals surface area contributed by atoms with Crippen molar-refractivity contribution in [3.63, 3.8) is 0 Å². The van der Waals surface area contributed by atoms with Gasteiger partial charge in [-0.15, -0.1) is 11.3 Å². The summed E-state index contributed by atoms with van der Waals surface area (Å²) in [5.41, 5.74) is 1.30. The van der Waals surface area contributed by atoms with Gasteiger partial charge in [0.05, 0.1) is 16.7 Å². The number of imide groups is 1. The van der Waals surface area contributed by atoms with E-state index in [1.54, 1.807) is 31.3 Å². The highest BCUT2D eigenvalue weighted by Crippen LogP contribution is 2.35. The molecule has 2 saturated heterocycles. The third kappa shape index (κ3) is 19.5. The Kier molecular flexibility index (Phi) is 27.5. The van der Waals surface area contributed by atoms with Crippen molar-refractivity contribution in [3.05, 3.63) is 51.5 Å². The van der Waals surface area contributed by atoms with Gasteiger partial charge in [0.2, 0.25) is 23.6 Å². The fourth-order valence-corrected chi connectivity index (χ4v) is 11.2. The van der Waals surface area contributed by atoms with E-state index in [1.165, 1.54) is 28.0 Å². The number of carbonyl (C=O) groups excluding carboxylic acids is 8. The molecule has 1 aromatic heterocycles. The molecule has 3 heterocycles. The van der Waals surface area contributed by atoms with Gasteiger partial charge in [-0.3, -0.25) is 53.0 Å². The molecule has 0 bridgehead atoms. The molecule has 2 fully saturated rings. The van der Waals surface area contributed by atoms with Crippen molar-refractivity contribution in [2.45, 2.75) is 187 Å². The second-order valence-corrected chi connectivity index (χ2v) is 23.2. The van der Waals surface area contributed by atoms with Crippen LogP contribution in [-0.2, 0) is 55.9 Å². The molecule has 17 nitrogen and oxygen atoms in total. The van der Waals surface area contributed by atoms with Gasteiger partial charge in [0.1, 0.15) is 16.5 Å². The number of rotatable bonds is 31. The second-order valence-electron chi connectivity index (χ2n) is 21.2. The Morgan fingerprint density at radius 1 is 0.974 bits per heavy atom. The molecule has 2 aliphatic heterocycles. The highest BCUT2D eigenvalue weighted by Gasteiger charge is 2.44. The number of likely N-dealkylation sites (N-methyl/N-ethyl adjacent to an activating group) is 1. The minimum absolute atomic E-state index is 0.0293. The molecule has 0 radical (unpaired) electrons. The first kappa shape index (κ1) is 65.3. The Labute approximate surface area is 460 Å². The van der Waals surface area contributed by atoms with Crippen LogP contribution in [0, 0.1) is 23.7 Å². The molecule has 1 unspecified atom stereocenters. The van der Waals surface area contributed by atoms with E-state index in [9.17, 15) is 48.3 Å². The zero-order valence-corrected chi connectivity index (χ0v) is 49.0. The Morgan fingerprint density at radius 2 is 1.64 bits per heavy atom. The summed E-state index contributed by atoms with van der Waals surface area (Å²) in [5, 5.41) is 17.1. The average molecular weight is 1100 g/mol. The van der Waals surface area contributed by atoms with Crippen LogP contribution in [0.1, 0.15) is 178 Å². The van der Waals surface area contributed by atoms with Crippen molar-refractivity contribution in [1.82, 2.24) is 30.3 Å². The van der Waals surface area contributed by atoms with Crippen molar-refractivity contribution in [2.75, 3.05) is 40.5 Å². The first-order valence-corrected chi connectivity index (χ1v) is 29.5. The van der Waals surface area contributed by atoms with E-state index >= 15 is 0 Å². The van der Waals surface area contributed by atoms with Crippen molar-refractivity contribution < 1.29 is 53.0 Å². The number of benzene rings is 1. The molecule has 8 atom stereocenters. The van der Waals surface area contributed by atoms with Gasteiger partial charge in [-0.1, -0.05) is 85.6 Å². The van der Waals surface area contributed by atoms with Crippen LogP contribution in [-0.4, -0.2) is 141 Å². The zero-order valence-electron chi connectivity index (χ0n) is 47.4. The van der Waals surface area contributed by atoms with Gasteiger partial charge in [-0.2, -0.15) is 11.8 Å². The van der Waals surface area contributed by atoms with Crippen molar-refractivity contribution in [3.8, 4) is 0 Å². The van der Waals surface area contributed by atoms with Gasteiger partial charge in [-0.25, -0.2) is 4.98 Å².